The van der Waals surface area contributed by atoms with Crippen molar-refractivity contribution in [3.05, 3.63) is 72.3 Å². The number of hydrogen-bond acceptors (Lipinski definition) is 5. The molecule has 0 atom stereocenters. The number of aliphatic hydroxyl groups is 1. The van der Waals surface area contributed by atoms with Gasteiger partial charge in [0.2, 0.25) is 0 Å². The van der Waals surface area contributed by atoms with Gasteiger partial charge in [-0.15, -0.1) is 40.1 Å². The number of aromatic nitrogens is 2. The number of nitrogens with zero attached hydrogens (tertiary/aromatic N) is 2. The quantitative estimate of drug-likeness (QED) is 0.0657. The van der Waals surface area contributed by atoms with Crippen molar-refractivity contribution in [2.75, 3.05) is 0 Å². The van der Waals surface area contributed by atoms with E-state index < -0.39 is 16.1 Å². The zero-order chi connectivity index (χ0) is 34.7. The van der Waals surface area contributed by atoms with E-state index in [4.69, 9.17) is 9.97 Å². The summed E-state index contributed by atoms with van der Waals surface area (Å²) >= 11 is 1.83. The van der Waals surface area contributed by atoms with Crippen LogP contribution in [0.2, 0.25) is 39.3 Å². The number of aryl methyl sites for hydroxylation is 1. The molecule has 0 saturated carbocycles. The van der Waals surface area contributed by atoms with Gasteiger partial charge in [-0.2, -0.15) is 0 Å². The molecule has 0 fully saturated rings. The van der Waals surface area contributed by atoms with Crippen molar-refractivity contribution in [1.29, 1.82) is 0 Å². The summed E-state index contributed by atoms with van der Waals surface area (Å²) in [5.74, 6) is 0.547. The molecular weight excluding hydrogens is 821 g/mol. The monoisotopic (exact) mass is 874 g/mol. The molecule has 48 heavy (non-hydrogen) atoms. The van der Waals surface area contributed by atoms with Crippen LogP contribution in [0.5, 0.6) is 0 Å². The maximum Gasteiger partial charge on any atom is 0.162 e. The Morgan fingerprint density at radius 2 is 1.48 bits per heavy atom. The number of fused-ring (bicyclic) bond motifs is 4. The van der Waals surface area contributed by atoms with Crippen molar-refractivity contribution in [1.82, 2.24) is 9.97 Å². The molecule has 5 rings (SSSR count). The summed E-state index contributed by atoms with van der Waals surface area (Å²) in [6.45, 7) is 24.8. The normalized spacial score (nSPS) is 12.5. The second-order valence-corrected chi connectivity index (χ2v) is 25.9. The number of carbonyl (C=O) groups excluding carboxylic acids is 1. The van der Waals surface area contributed by atoms with Gasteiger partial charge in [-0.1, -0.05) is 113 Å². The van der Waals surface area contributed by atoms with Crippen LogP contribution in [0.3, 0.4) is 0 Å². The topological polar surface area (TPSA) is 63.1 Å². The smallest absolute Gasteiger partial charge is 0.162 e. The summed E-state index contributed by atoms with van der Waals surface area (Å²) in [6, 6.07) is 19.5. The van der Waals surface area contributed by atoms with E-state index in [1.165, 1.54) is 47.6 Å². The van der Waals surface area contributed by atoms with Crippen LogP contribution in [0.4, 0.5) is 0 Å². The van der Waals surface area contributed by atoms with Gasteiger partial charge in [0.1, 0.15) is 6.33 Å². The van der Waals surface area contributed by atoms with Crippen molar-refractivity contribution >= 4 is 74.7 Å². The molecule has 0 aliphatic carbocycles. The first-order valence-corrected chi connectivity index (χ1v) is 25.0. The molecule has 0 bridgehead atoms. The molecule has 259 valence electrons. The molecule has 0 aliphatic rings. The van der Waals surface area contributed by atoms with Crippen molar-refractivity contribution in [2.24, 2.45) is 11.8 Å². The first-order valence-electron chi connectivity index (χ1n) is 17.2. The van der Waals surface area contributed by atoms with Crippen molar-refractivity contribution in [3.63, 3.8) is 0 Å². The van der Waals surface area contributed by atoms with Crippen molar-refractivity contribution < 1.29 is 30.0 Å². The fourth-order valence-electron chi connectivity index (χ4n) is 6.23. The zero-order valence-corrected chi connectivity index (χ0v) is 35.9. The van der Waals surface area contributed by atoms with Gasteiger partial charge in [-0.25, -0.2) is 4.98 Å². The Bertz CT molecular complexity index is 1910. The number of rotatable bonds is 10. The van der Waals surface area contributed by atoms with Crippen LogP contribution in [-0.4, -0.2) is 37.0 Å². The Kier molecular flexibility index (Phi) is 13.7. The zero-order valence-electron chi connectivity index (χ0n) is 30.7. The summed E-state index contributed by atoms with van der Waals surface area (Å²) in [7, 11) is -2.97. The van der Waals surface area contributed by atoms with Gasteiger partial charge < -0.3 is 5.11 Å². The Labute approximate surface area is 307 Å². The van der Waals surface area contributed by atoms with E-state index in [2.05, 4.69) is 94.7 Å². The van der Waals surface area contributed by atoms with Crippen molar-refractivity contribution in [2.45, 2.75) is 99.6 Å². The number of hydrogen-bond donors (Lipinski definition) is 1. The fraction of sp³-hybridized carbons (Fsp3) is 0.425. The van der Waals surface area contributed by atoms with Gasteiger partial charge in [-0.3, -0.25) is 9.78 Å². The second kappa shape index (κ2) is 16.5. The van der Waals surface area contributed by atoms with Gasteiger partial charge in [0.15, 0.2) is 5.78 Å². The molecular formula is C40H53IrN2O2SSi2-. The first kappa shape index (κ1) is 39.9. The molecule has 0 aliphatic heterocycles. The van der Waals surface area contributed by atoms with Gasteiger partial charge >= 0.3 is 0 Å². The number of aliphatic hydroxyl groups excluding tert-OH is 1. The molecule has 0 spiro atoms. The summed E-state index contributed by atoms with van der Waals surface area (Å²) in [5, 5.41) is 16.5. The fourth-order valence-corrected chi connectivity index (χ4v) is 10.3. The minimum absolute atomic E-state index is 0. The third-order valence-electron chi connectivity index (χ3n) is 9.32. The third kappa shape index (κ3) is 8.80. The summed E-state index contributed by atoms with van der Waals surface area (Å²) in [4.78, 5) is 21.3. The molecule has 0 saturated heterocycles. The number of carbonyl (C=O) groups is 1. The number of benzene rings is 3. The van der Waals surface area contributed by atoms with E-state index in [1.807, 2.05) is 39.0 Å². The molecule has 2 heterocycles. The minimum atomic E-state index is -1.55. The van der Waals surface area contributed by atoms with Crippen LogP contribution < -0.4 is 10.4 Å². The number of allylic oxidation sites excluding steroid dienone is 2. The number of ketones is 1. The standard InChI is InChI=1S/C27H29N2SSi2.C13H24O2.Ir/c1-17-12-20(31(2,3)4)15-22-25-27(30-26(17)22)24(28-16-29-25)19-13-18-10-8-9-11-21(18)23(14-19)32(5,6)7;1-5-10(6-2)12(14)9-13(15)11(7-3)8-4;/h8-12,14-16H,1-7H3;9-11,14H,5-8H2,1-4H3;/q-1;;/b;12-9-;. The molecule has 1 N–H and O–H groups in total. The van der Waals surface area contributed by atoms with Gasteiger partial charge in [0.05, 0.1) is 27.4 Å². The molecule has 0 amide bonds. The van der Waals surface area contributed by atoms with E-state index in [1.54, 1.807) is 6.33 Å². The summed E-state index contributed by atoms with van der Waals surface area (Å²) < 4.78 is 2.50. The van der Waals surface area contributed by atoms with Crippen LogP contribution in [0.1, 0.15) is 58.9 Å². The Hall–Kier alpha value is -2.49. The maximum absolute atomic E-state index is 11.7. The third-order valence-corrected chi connectivity index (χ3v) is 14.7. The van der Waals surface area contributed by atoms with Crippen molar-refractivity contribution in [3.8, 4) is 11.3 Å². The molecule has 1 radical (unpaired) electrons. The molecule has 8 heteroatoms. The average Bonchev–Trinajstić information content (AvgIpc) is 3.41. The van der Waals surface area contributed by atoms with Crippen LogP contribution in [0, 0.1) is 24.8 Å². The van der Waals surface area contributed by atoms with E-state index >= 15 is 0 Å². The van der Waals surface area contributed by atoms with Crippen LogP contribution in [0.25, 0.3) is 42.3 Å². The Balaban J connectivity index is 0.000000334. The predicted molar refractivity (Wildman–Crippen MR) is 211 cm³/mol. The SMILES string of the molecule is CCC(CC)C(=O)/C=C(\O)C(CC)CC.Cc1cc([Si](C)(C)C)cc2c1sc1c(-c3[c-]c4ccccc4c([Si](C)(C)C)c3)ncnc12.[Ir]. The van der Waals surface area contributed by atoms with Crippen LogP contribution in [0.15, 0.2) is 60.6 Å². The first-order chi connectivity index (χ1) is 22.1. The Morgan fingerprint density at radius 1 is 0.854 bits per heavy atom. The summed E-state index contributed by atoms with van der Waals surface area (Å²) in [5.41, 5.74) is 4.52. The van der Waals surface area contributed by atoms with Crippen LogP contribution in [-0.2, 0) is 24.9 Å². The van der Waals surface area contributed by atoms with Gasteiger partial charge in [0, 0.05) is 58.5 Å². The van der Waals surface area contributed by atoms with Gasteiger partial charge in [0.25, 0.3) is 0 Å². The predicted octanol–water partition coefficient (Wildman–Crippen LogP) is 10.7. The molecule has 5 aromatic rings. The largest absolute Gasteiger partial charge is 0.512 e. The Morgan fingerprint density at radius 3 is 2.06 bits per heavy atom. The summed E-state index contributed by atoms with van der Waals surface area (Å²) in [6.07, 6.45) is 6.64. The van der Waals surface area contributed by atoms with Crippen LogP contribution >= 0.6 is 11.3 Å². The van der Waals surface area contributed by atoms with E-state index in [-0.39, 0.29) is 43.5 Å². The second-order valence-electron chi connectivity index (χ2n) is 14.8. The minimum Gasteiger partial charge on any atom is -0.512 e. The van der Waals surface area contributed by atoms with E-state index in [0.29, 0.717) is 0 Å². The average molecular weight is 874 g/mol. The van der Waals surface area contributed by atoms with Gasteiger partial charge in [-0.05, 0) is 38.2 Å². The van der Waals surface area contributed by atoms with E-state index in [0.717, 1.165) is 42.5 Å². The van der Waals surface area contributed by atoms with E-state index in [9.17, 15) is 9.90 Å². The molecule has 4 nitrogen and oxygen atoms in total. The molecule has 0 unspecified atom stereocenters. The molecule has 3 aromatic carbocycles. The maximum atomic E-state index is 11.7. The number of thiophene rings is 1. The molecule has 2 aromatic heterocycles.